The molecule has 0 saturated heterocycles. The first kappa shape index (κ1) is 14.9. The molecule has 2 rings (SSSR count). The Kier molecular flexibility index (Phi) is 4.73. The molecule has 0 bridgehead atoms. The fourth-order valence-corrected chi connectivity index (χ4v) is 2.54. The van der Waals surface area contributed by atoms with Crippen molar-refractivity contribution in [3.8, 4) is 11.1 Å². The van der Waals surface area contributed by atoms with Gasteiger partial charge in [0.2, 0.25) is 0 Å². The summed E-state index contributed by atoms with van der Waals surface area (Å²) < 4.78 is 26.5. The average molecular weight is 296 g/mol. The zero-order valence-electron chi connectivity index (χ0n) is 11.4. The molecule has 0 spiro atoms. The van der Waals surface area contributed by atoms with Crippen LogP contribution in [0.5, 0.6) is 0 Å². The monoisotopic (exact) mass is 295 g/mol. The highest BCUT2D eigenvalue weighted by Crippen LogP contribution is 2.29. The summed E-state index contributed by atoms with van der Waals surface area (Å²) in [4.78, 5) is 0. The van der Waals surface area contributed by atoms with Gasteiger partial charge in [-0.2, -0.15) is 0 Å². The predicted octanol–water partition coefficient (Wildman–Crippen LogP) is 4.96. The van der Waals surface area contributed by atoms with Crippen LogP contribution in [0.2, 0.25) is 5.02 Å². The molecule has 0 amide bonds. The van der Waals surface area contributed by atoms with Crippen LogP contribution in [0.15, 0.2) is 36.4 Å². The maximum Gasteiger partial charge on any atom is 0.126 e. The maximum atomic E-state index is 13.2. The second-order valence-electron chi connectivity index (χ2n) is 4.67. The van der Waals surface area contributed by atoms with Crippen LogP contribution >= 0.6 is 11.6 Å². The quantitative estimate of drug-likeness (QED) is 0.841. The van der Waals surface area contributed by atoms with E-state index in [1.54, 1.807) is 6.07 Å². The third-order valence-corrected chi connectivity index (χ3v) is 3.50. The highest BCUT2D eigenvalue weighted by atomic mass is 35.5. The van der Waals surface area contributed by atoms with Crippen molar-refractivity contribution in [1.82, 2.24) is 5.32 Å². The molecule has 106 valence electrons. The van der Waals surface area contributed by atoms with Crippen LogP contribution in [0.25, 0.3) is 11.1 Å². The summed E-state index contributed by atoms with van der Waals surface area (Å²) in [5, 5.41) is 3.86. The summed E-state index contributed by atoms with van der Waals surface area (Å²) in [5.74, 6) is -1.19. The van der Waals surface area contributed by atoms with Gasteiger partial charge in [-0.15, -0.1) is 0 Å². The Bertz CT molecular complexity index is 593. The smallest absolute Gasteiger partial charge is 0.126 e. The van der Waals surface area contributed by atoms with Gasteiger partial charge in [0.15, 0.2) is 0 Å². The minimum atomic E-state index is -0.596. The number of hydrogen-bond acceptors (Lipinski definition) is 1. The Balaban J connectivity index is 2.37. The van der Waals surface area contributed by atoms with Crippen LogP contribution in [0.4, 0.5) is 8.78 Å². The van der Waals surface area contributed by atoms with Crippen LogP contribution in [-0.2, 0) is 0 Å². The van der Waals surface area contributed by atoms with E-state index in [-0.39, 0.29) is 6.04 Å². The molecule has 0 saturated carbocycles. The molecule has 1 atom stereocenters. The van der Waals surface area contributed by atoms with E-state index in [1.807, 2.05) is 26.0 Å². The van der Waals surface area contributed by atoms with Crippen molar-refractivity contribution >= 4 is 11.6 Å². The third kappa shape index (κ3) is 3.35. The van der Waals surface area contributed by atoms with Crippen molar-refractivity contribution < 1.29 is 8.78 Å². The minimum absolute atomic E-state index is 0.130. The number of nitrogens with one attached hydrogen (secondary N) is 1. The Morgan fingerprint density at radius 1 is 1.05 bits per heavy atom. The normalized spacial score (nSPS) is 12.4. The zero-order chi connectivity index (χ0) is 14.7. The van der Waals surface area contributed by atoms with Gasteiger partial charge in [0, 0.05) is 17.1 Å². The van der Waals surface area contributed by atoms with Crippen LogP contribution in [0, 0.1) is 11.6 Å². The highest BCUT2D eigenvalue weighted by Gasteiger charge is 2.10. The van der Waals surface area contributed by atoms with Crippen molar-refractivity contribution in [2.75, 3.05) is 6.54 Å². The lowest BCUT2D eigenvalue weighted by atomic mass is 10.0. The van der Waals surface area contributed by atoms with Gasteiger partial charge >= 0.3 is 0 Å². The van der Waals surface area contributed by atoms with E-state index in [0.29, 0.717) is 16.1 Å². The van der Waals surface area contributed by atoms with E-state index in [0.717, 1.165) is 18.2 Å². The fraction of sp³-hybridized carbons (Fsp3) is 0.250. The summed E-state index contributed by atoms with van der Waals surface area (Å²) in [5.41, 5.74) is 2.14. The van der Waals surface area contributed by atoms with Gasteiger partial charge < -0.3 is 5.32 Å². The van der Waals surface area contributed by atoms with Crippen molar-refractivity contribution in [2.24, 2.45) is 0 Å². The molecule has 0 radical (unpaired) electrons. The Labute approximate surface area is 122 Å². The summed E-state index contributed by atoms with van der Waals surface area (Å²) in [6.07, 6.45) is 0. The van der Waals surface area contributed by atoms with E-state index in [2.05, 4.69) is 5.32 Å². The van der Waals surface area contributed by atoms with Crippen LogP contribution in [0.3, 0.4) is 0 Å². The van der Waals surface area contributed by atoms with E-state index in [1.165, 1.54) is 12.1 Å². The molecular weight excluding hydrogens is 280 g/mol. The van der Waals surface area contributed by atoms with Gasteiger partial charge in [-0.3, -0.25) is 0 Å². The molecule has 1 nitrogen and oxygen atoms in total. The first-order valence-corrected chi connectivity index (χ1v) is 6.88. The lowest BCUT2D eigenvalue weighted by Crippen LogP contribution is -2.17. The third-order valence-electron chi connectivity index (χ3n) is 3.17. The van der Waals surface area contributed by atoms with Crippen LogP contribution in [-0.4, -0.2) is 6.54 Å². The van der Waals surface area contributed by atoms with Crippen LogP contribution in [0.1, 0.15) is 25.5 Å². The summed E-state index contributed by atoms with van der Waals surface area (Å²) >= 11 is 6.26. The predicted molar refractivity (Wildman–Crippen MR) is 78.9 cm³/mol. The van der Waals surface area contributed by atoms with E-state index < -0.39 is 11.6 Å². The zero-order valence-corrected chi connectivity index (χ0v) is 12.1. The molecule has 0 aliphatic rings. The van der Waals surface area contributed by atoms with Gasteiger partial charge in [-0.25, -0.2) is 8.78 Å². The molecule has 20 heavy (non-hydrogen) atoms. The van der Waals surface area contributed by atoms with Crippen molar-refractivity contribution in [1.29, 1.82) is 0 Å². The molecule has 1 unspecified atom stereocenters. The Morgan fingerprint density at radius 3 is 2.25 bits per heavy atom. The maximum absolute atomic E-state index is 13.2. The first-order valence-electron chi connectivity index (χ1n) is 6.50. The second-order valence-corrected chi connectivity index (χ2v) is 5.08. The molecular formula is C16H16ClF2N. The SMILES string of the molecule is CCNC(C)c1ccc(-c2cc(F)cc(F)c2)cc1Cl. The van der Waals surface area contributed by atoms with E-state index in [9.17, 15) is 8.78 Å². The number of rotatable bonds is 4. The van der Waals surface area contributed by atoms with Crippen molar-refractivity contribution in [2.45, 2.75) is 19.9 Å². The molecule has 0 aromatic heterocycles. The van der Waals surface area contributed by atoms with Gasteiger partial charge in [0.25, 0.3) is 0 Å². The Hall–Kier alpha value is -1.45. The van der Waals surface area contributed by atoms with Gasteiger partial charge in [0.1, 0.15) is 11.6 Å². The van der Waals surface area contributed by atoms with Gasteiger partial charge in [0.05, 0.1) is 0 Å². The molecule has 0 aliphatic heterocycles. The summed E-state index contributed by atoms with van der Waals surface area (Å²) in [6, 6.07) is 9.01. The molecule has 2 aromatic rings. The highest BCUT2D eigenvalue weighted by molar-refractivity contribution is 6.31. The van der Waals surface area contributed by atoms with E-state index in [4.69, 9.17) is 11.6 Å². The largest absolute Gasteiger partial charge is 0.310 e. The summed E-state index contributed by atoms with van der Waals surface area (Å²) in [6.45, 7) is 4.88. The lowest BCUT2D eigenvalue weighted by Gasteiger charge is -2.15. The molecule has 0 fully saturated rings. The molecule has 1 N–H and O–H groups in total. The Morgan fingerprint density at radius 2 is 1.70 bits per heavy atom. The average Bonchev–Trinajstić information content (AvgIpc) is 2.37. The molecule has 2 aromatic carbocycles. The molecule has 0 heterocycles. The van der Waals surface area contributed by atoms with Crippen molar-refractivity contribution in [3.63, 3.8) is 0 Å². The van der Waals surface area contributed by atoms with Crippen LogP contribution < -0.4 is 5.32 Å². The molecule has 0 aliphatic carbocycles. The fourth-order valence-electron chi connectivity index (χ4n) is 2.19. The van der Waals surface area contributed by atoms with Crippen molar-refractivity contribution in [3.05, 3.63) is 58.6 Å². The first-order chi connectivity index (χ1) is 9.51. The standard InChI is InChI=1S/C16H16ClF2N/c1-3-20-10(2)15-5-4-11(8-16(15)17)12-6-13(18)9-14(19)7-12/h4-10,20H,3H2,1-2H3. The molecule has 4 heteroatoms. The summed E-state index contributed by atoms with van der Waals surface area (Å²) in [7, 11) is 0. The minimum Gasteiger partial charge on any atom is -0.310 e. The van der Waals surface area contributed by atoms with Gasteiger partial charge in [-0.1, -0.05) is 30.7 Å². The number of hydrogen-bond donors (Lipinski definition) is 1. The lowest BCUT2D eigenvalue weighted by molar-refractivity contribution is 0.584. The van der Waals surface area contributed by atoms with Gasteiger partial charge in [-0.05, 0) is 48.4 Å². The van der Waals surface area contributed by atoms with E-state index >= 15 is 0 Å². The number of benzene rings is 2. The topological polar surface area (TPSA) is 12.0 Å². The second kappa shape index (κ2) is 6.33. The number of halogens is 3.